The first-order valence-corrected chi connectivity index (χ1v) is 12.8. The quantitative estimate of drug-likeness (QED) is 0.179. The summed E-state index contributed by atoms with van der Waals surface area (Å²) in [4.78, 5) is 38.5. The minimum absolute atomic E-state index is 0.122. The van der Waals surface area contributed by atoms with Gasteiger partial charge in [0.2, 0.25) is 0 Å². The summed E-state index contributed by atoms with van der Waals surface area (Å²) >= 11 is 0. The summed E-state index contributed by atoms with van der Waals surface area (Å²) in [6, 6.07) is 0. The van der Waals surface area contributed by atoms with E-state index in [4.69, 9.17) is 9.47 Å². The van der Waals surface area contributed by atoms with Crippen LogP contribution in [0, 0.1) is 65.1 Å². The Morgan fingerprint density at radius 3 is 2.22 bits per heavy atom. The highest BCUT2D eigenvalue weighted by Crippen LogP contribution is 2.67. The Balaban J connectivity index is 1.09. The summed E-state index contributed by atoms with van der Waals surface area (Å²) in [5, 5.41) is 0. The summed E-state index contributed by atoms with van der Waals surface area (Å²) in [7, 11) is 0. The number of esters is 3. The van der Waals surface area contributed by atoms with Gasteiger partial charge in [0.15, 0.2) is 0 Å². The van der Waals surface area contributed by atoms with Crippen molar-refractivity contribution in [2.45, 2.75) is 56.3 Å². The predicted molar refractivity (Wildman–Crippen MR) is 108 cm³/mol. The Morgan fingerprint density at radius 1 is 0.865 bits per heavy atom. The smallest absolute Gasteiger partial charge is 0.434 e. The van der Waals surface area contributed by atoms with Crippen LogP contribution in [0.5, 0.6) is 0 Å². The molecule has 1 aliphatic heterocycles. The lowest BCUT2D eigenvalue weighted by Gasteiger charge is -2.37. The molecule has 0 aromatic carbocycles. The number of halogens is 6. The monoisotopic (exact) mass is 534 g/mol. The summed E-state index contributed by atoms with van der Waals surface area (Å²) < 4.78 is 93.1. The molecular weight excluding hydrogens is 510 g/mol. The van der Waals surface area contributed by atoms with E-state index >= 15 is 0 Å². The van der Waals surface area contributed by atoms with Crippen molar-refractivity contribution in [2.24, 2.45) is 65.1 Å². The summed E-state index contributed by atoms with van der Waals surface area (Å²) in [5.41, 5.74) is 0. The van der Waals surface area contributed by atoms with Crippen molar-refractivity contribution >= 4 is 17.9 Å². The lowest BCUT2D eigenvalue weighted by atomic mass is 9.69. The fraction of sp³-hybridized carbons (Fsp3) is 0.800. The van der Waals surface area contributed by atoms with Gasteiger partial charge in [-0.2, -0.15) is 26.3 Å². The molecule has 7 rings (SSSR count). The summed E-state index contributed by atoms with van der Waals surface area (Å²) in [5.74, 6) is -5.25. The van der Waals surface area contributed by atoms with Gasteiger partial charge in [-0.15, -0.1) is 0 Å². The van der Waals surface area contributed by atoms with Gasteiger partial charge in [0.05, 0.1) is 17.8 Å². The number of ether oxygens (including phenoxy) is 3. The minimum atomic E-state index is -5.87. The van der Waals surface area contributed by atoms with E-state index in [9.17, 15) is 40.7 Å². The fourth-order valence-electron chi connectivity index (χ4n) is 9.49. The molecule has 0 aromatic rings. The van der Waals surface area contributed by atoms with E-state index < -0.39 is 72.2 Å². The van der Waals surface area contributed by atoms with Crippen LogP contribution in [0.15, 0.2) is 12.2 Å². The second kappa shape index (κ2) is 7.43. The first kappa shape index (κ1) is 23.8. The van der Waals surface area contributed by atoms with Crippen LogP contribution in [0.25, 0.3) is 0 Å². The third-order valence-electron chi connectivity index (χ3n) is 10.5. The Bertz CT molecular complexity index is 1070. The van der Waals surface area contributed by atoms with Crippen LogP contribution in [-0.4, -0.2) is 48.6 Å². The normalized spacial score (nSPS) is 48.2. The van der Waals surface area contributed by atoms with Gasteiger partial charge < -0.3 is 14.2 Å². The van der Waals surface area contributed by atoms with Gasteiger partial charge in [-0.1, -0.05) is 12.2 Å². The molecule has 6 bridgehead atoms. The van der Waals surface area contributed by atoms with Crippen LogP contribution in [0.2, 0.25) is 0 Å². The summed E-state index contributed by atoms with van der Waals surface area (Å²) in [6.45, 7) is 0. The standard InChI is InChI=1S/C25H24F6O6/c26-24(27,28)23(25(29,30)31)37-22(34)17-13-6-12-16(17)21(33)36-19(12)18(13)35-20(32)11-5-9-4-10(11)15-8-2-1-7(3-8)14(9)15/h1-2,7-19,23H,3-6H2. The van der Waals surface area contributed by atoms with Gasteiger partial charge in [-0.25, -0.2) is 0 Å². The Kier molecular flexibility index (Phi) is 4.78. The number of carbonyl (C=O) groups excluding carboxylic acids is 3. The van der Waals surface area contributed by atoms with Crippen molar-refractivity contribution in [3.05, 3.63) is 12.2 Å². The molecule has 7 aliphatic rings. The lowest BCUT2D eigenvalue weighted by molar-refractivity contribution is -0.315. The van der Waals surface area contributed by atoms with E-state index in [-0.39, 0.29) is 18.3 Å². The molecule has 0 radical (unpaired) electrons. The number of rotatable bonds is 4. The molecule has 13 atom stereocenters. The third kappa shape index (κ3) is 3.22. The maximum absolute atomic E-state index is 13.3. The van der Waals surface area contributed by atoms with E-state index in [1.165, 1.54) is 0 Å². The maximum atomic E-state index is 13.3. The number of fused-ring (bicyclic) bond motifs is 10. The maximum Gasteiger partial charge on any atom is 0.434 e. The first-order valence-electron chi connectivity index (χ1n) is 12.8. The Labute approximate surface area is 207 Å². The van der Waals surface area contributed by atoms with Crippen LogP contribution in [0.4, 0.5) is 26.3 Å². The molecular formula is C25H24F6O6. The molecule has 1 heterocycles. The highest BCUT2D eigenvalue weighted by atomic mass is 19.4. The van der Waals surface area contributed by atoms with E-state index in [1.807, 2.05) is 0 Å². The predicted octanol–water partition coefficient (Wildman–Crippen LogP) is 3.84. The number of allylic oxidation sites excluding steroid dienone is 2. The fourth-order valence-corrected chi connectivity index (χ4v) is 9.49. The molecule has 13 unspecified atom stereocenters. The number of carbonyl (C=O) groups is 3. The molecule has 37 heavy (non-hydrogen) atoms. The Hall–Kier alpha value is -2.27. The van der Waals surface area contributed by atoms with Gasteiger partial charge in [-0.05, 0) is 61.2 Å². The molecule has 0 amide bonds. The van der Waals surface area contributed by atoms with Crippen molar-refractivity contribution in [3.8, 4) is 0 Å². The molecule has 6 fully saturated rings. The van der Waals surface area contributed by atoms with Crippen molar-refractivity contribution in [2.75, 3.05) is 0 Å². The number of hydrogen-bond donors (Lipinski definition) is 0. The van der Waals surface area contributed by atoms with E-state index in [2.05, 4.69) is 16.9 Å². The van der Waals surface area contributed by atoms with Gasteiger partial charge in [0.25, 0.3) is 6.10 Å². The Morgan fingerprint density at radius 2 is 1.54 bits per heavy atom. The van der Waals surface area contributed by atoms with Crippen molar-refractivity contribution in [3.63, 3.8) is 0 Å². The first-order chi connectivity index (χ1) is 17.3. The molecule has 0 aromatic heterocycles. The highest BCUT2D eigenvalue weighted by molar-refractivity contribution is 5.86. The molecule has 1 saturated heterocycles. The zero-order chi connectivity index (χ0) is 26.2. The van der Waals surface area contributed by atoms with Crippen molar-refractivity contribution < 1.29 is 54.9 Å². The highest BCUT2D eigenvalue weighted by Gasteiger charge is 2.72. The second-order valence-corrected chi connectivity index (χ2v) is 11.9. The lowest BCUT2D eigenvalue weighted by Crippen LogP contribution is -2.50. The van der Waals surface area contributed by atoms with E-state index in [0.29, 0.717) is 36.0 Å². The van der Waals surface area contributed by atoms with Crippen LogP contribution in [-0.2, 0) is 28.6 Å². The van der Waals surface area contributed by atoms with Crippen LogP contribution in [0.1, 0.15) is 25.7 Å². The molecule has 5 saturated carbocycles. The van der Waals surface area contributed by atoms with Crippen molar-refractivity contribution in [1.82, 2.24) is 0 Å². The third-order valence-corrected chi connectivity index (χ3v) is 10.5. The van der Waals surface area contributed by atoms with Crippen molar-refractivity contribution in [1.29, 1.82) is 0 Å². The molecule has 12 heteroatoms. The number of alkyl halides is 6. The zero-order valence-corrected chi connectivity index (χ0v) is 19.3. The zero-order valence-electron chi connectivity index (χ0n) is 19.3. The average molecular weight is 534 g/mol. The van der Waals surface area contributed by atoms with Gasteiger partial charge in [0, 0.05) is 11.8 Å². The van der Waals surface area contributed by atoms with Gasteiger partial charge >= 0.3 is 30.3 Å². The second-order valence-electron chi connectivity index (χ2n) is 11.9. The molecule has 6 nitrogen and oxygen atoms in total. The van der Waals surface area contributed by atoms with Crippen LogP contribution < -0.4 is 0 Å². The van der Waals surface area contributed by atoms with E-state index in [0.717, 1.165) is 12.8 Å². The average Bonchev–Trinajstić information content (AvgIpc) is 3.61. The van der Waals surface area contributed by atoms with E-state index in [1.54, 1.807) is 0 Å². The SMILES string of the molecule is O=C(OC1C2CC3C1OC(=O)C3C2C(=O)OC(C(F)(F)F)C(F)(F)F)C1CC2CC1C1C3C=CC(C3)C21. The summed E-state index contributed by atoms with van der Waals surface area (Å²) in [6.07, 6.45) is -10.6. The molecule has 0 spiro atoms. The number of hydrogen-bond acceptors (Lipinski definition) is 6. The topological polar surface area (TPSA) is 78.9 Å². The molecule has 202 valence electrons. The molecule has 0 N–H and O–H groups in total. The molecule has 6 aliphatic carbocycles. The van der Waals surface area contributed by atoms with Crippen LogP contribution >= 0.6 is 0 Å². The van der Waals surface area contributed by atoms with Gasteiger partial charge in [-0.3, -0.25) is 14.4 Å². The van der Waals surface area contributed by atoms with Gasteiger partial charge in [0.1, 0.15) is 12.2 Å². The largest absolute Gasteiger partial charge is 0.458 e. The van der Waals surface area contributed by atoms with Crippen LogP contribution in [0.3, 0.4) is 0 Å². The minimum Gasteiger partial charge on any atom is -0.458 e.